The van der Waals surface area contributed by atoms with Crippen LogP contribution in [0.15, 0.2) is 15.9 Å². The molecule has 1 aromatic rings. The molecule has 0 saturated carbocycles. The molecule has 0 aromatic carbocycles. The molecule has 0 unspecified atom stereocenters. The van der Waals surface area contributed by atoms with Gasteiger partial charge in [0.05, 0.1) is 22.7 Å². The Kier molecular flexibility index (Phi) is 7.18. The first-order valence-corrected chi connectivity index (χ1v) is 8.14. The van der Waals surface area contributed by atoms with E-state index >= 15 is 0 Å². The van der Waals surface area contributed by atoms with Gasteiger partial charge in [-0.25, -0.2) is 0 Å². The minimum absolute atomic E-state index is 0.127. The third-order valence-corrected chi connectivity index (χ3v) is 4.70. The molecule has 0 atom stereocenters. The van der Waals surface area contributed by atoms with E-state index < -0.39 is 0 Å². The number of hydrogen-bond donors (Lipinski definition) is 1. The number of aliphatic hydroxyl groups excluding tert-OH is 1. The lowest BCUT2D eigenvalue weighted by Crippen LogP contribution is -2.31. The maximum atomic E-state index is 11.9. The molecule has 1 heterocycles. The largest absolute Gasteiger partial charge is 0.396 e. The highest BCUT2D eigenvalue weighted by molar-refractivity contribution is 9.11. The predicted molar refractivity (Wildman–Crippen MR) is 77.5 cm³/mol. The fourth-order valence-corrected chi connectivity index (χ4v) is 3.45. The SMILES string of the molecule is CCN(Cc1ccc(Br)s1)C(=O)CSCCO. The molecule has 6 heteroatoms. The van der Waals surface area contributed by atoms with E-state index in [1.54, 1.807) is 11.3 Å². The molecule has 1 rings (SSSR count). The van der Waals surface area contributed by atoms with Crippen LogP contribution in [0.1, 0.15) is 11.8 Å². The van der Waals surface area contributed by atoms with Gasteiger partial charge in [-0.2, -0.15) is 0 Å². The number of nitrogens with zero attached hydrogens (tertiary/aromatic N) is 1. The summed E-state index contributed by atoms with van der Waals surface area (Å²) in [6.07, 6.45) is 0. The van der Waals surface area contributed by atoms with Crippen molar-refractivity contribution in [3.8, 4) is 0 Å². The second-order valence-electron chi connectivity index (χ2n) is 3.39. The molecular formula is C11H16BrNO2S2. The first kappa shape index (κ1) is 15.0. The number of aliphatic hydroxyl groups is 1. The fourth-order valence-electron chi connectivity index (χ4n) is 1.32. The second-order valence-corrected chi connectivity index (χ2v) is 7.04. The summed E-state index contributed by atoms with van der Waals surface area (Å²) >= 11 is 6.54. The molecule has 0 saturated heterocycles. The standard InChI is InChI=1S/C11H16BrNO2S2/c1-2-13(11(15)8-16-6-5-14)7-9-3-4-10(12)17-9/h3-4,14H,2,5-8H2,1H3. The van der Waals surface area contributed by atoms with Crippen LogP contribution in [0.5, 0.6) is 0 Å². The molecule has 3 nitrogen and oxygen atoms in total. The molecular weight excluding hydrogens is 322 g/mol. The number of amides is 1. The first-order chi connectivity index (χ1) is 8.17. The number of carbonyl (C=O) groups is 1. The normalized spacial score (nSPS) is 10.5. The van der Waals surface area contributed by atoms with Crippen LogP contribution in [0.2, 0.25) is 0 Å². The van der Waals surface area contributed by atoms with Gasteiger partial charge < -0.3 is 10.0 Å². The topological polar surface area (TPSA) is 40.5 Å². The highest BCUT2D eigenvalue weighted by atomic mass is 79.9. The molecule has 0 aliphatic carbocycles. The minimum atomic E-state index is 0.127. The van der Waals surface area contributed by atoms with Crippen LogP contribution in [0.25, 0.3) is 0 Å². The highest BCUT2D eigenvalue weighted by Gasteiger charge is 2.12. The van der Waals surface area contributed by atoms with Crippen LogP contribution in [0.3, 0.4) is 0 Å². The smallest absolute Gasteiger partial charge is 0.232 e. The van der Waals surface area contributed by atoms with Gasteiger partial charge >= 0.3 is 0 Å². The number of rotatable bonds is 7. The Labute approximate surface area is 118 Å². The van der Waals surface area contributed by atoms with Crippen LogP contribution >= 0.6 is 39.0 Å². The first-order valence-electron chi connectivity index (χ1n) is 5.38. The van der Waals surface area contributed by atoms with Crippen LogP contribution < -0.4 is 0 Å². The van der Waals surface area contributed by atoms with Gasteiger partial charge in [0.15, 0.2) is 0 Å². The number of thioether (sulfide) groups is 1. The Morgan fingerprint density at radius 1 is 1.59 bits per heavy atom. The Hall–Kier alpha value is -0.0400. The zero-order valence-corrected chi connectivity index (χ0v) is 12.9. The van der Waals surface area contributed by atoms with E-state index in [0.29, 0.717) is 24.6 Å². The third-order valence-electron chi connectivity index (χ3n) is 2.17. The second kappa shape index (κ2) is 8.13. The summed E-state index contributed by atoms with van der Waals surface area (Å²) < 4.78 is 1.09. The van der Waals surface area contributed by atoms with Gasteiger partial charge in [-0.3, -0.25) is 4.79 Å². The number of hydrogen-bond acceptors (Lipinski definition) is 4. The Bertz CT molecular complexity index is 357. The maximum Gasteiger partial charge on any atom is 0.232 e. The number of thiophene rings is 1. The van der Waals surface area contributed by atoms with Gasteiger partial charge in [0.25, 0.3) is 0 Å². The minimum Gasteiger partial charge on any atom is -0.396 e. The van der Waals surface area contributed by atoms with E-state index in [2.05, 4.69) is 15.9 Å². The molecule has 96 valence electrons. The molecule has 0 bridgehead atoms. The van der Waals surface area contributed by atoms with Crippen molar-refractivity contribution < 1.29 is 9.90 Å². The van der Waals surface area contributed by atoms with Crippen LogP contribution in [-0.4, -0.2) is 40.6 Å². The Morgan fingerprint density at radius 2 is 2.35 bits per heavy atom. The summed E-state index contributed by atoms with van der Waals surface area (Å²) in [7, 11) is 0. The lowest BCUT2D eigenvalue weighted by atomic mass is 10.4. The van der Waals surface area contributed by atoms with Gasteiger partial charge in [0.1, 0.15) is 0 Å². The summed E-state index contributed by atoms with van der Waals surface area (Å²) in [5, 5.41) is 8.66. The lowest BCUT2D eigenvalue weighted by Gasteiger charge is -2.19. The summed E-state index contributed by atoms with van der Waals surface area (Å²) in [6.45, 7) is 3.50. The van der Waals surface area contributed by atoms with Gasteiger partial charge in [-0.15, -0.1) is 23.1 Å². The van der Waals surface area contributed by atoms with Crippen molar-refractivity contribution in [2.45, 2.75) is 13.5 Å². The van der Waals surface area contributed by atoms with Gasteiger partial charge in [0.2, 0.25) is 5.91 Å². The van der Waals surface area contributed by atoms with Crippen LogP contribution in [-0.2, 0) is 11.3 Å². The van der Waals surface area contributed by atoms with Crippen molar-refractivity contribution in [1.82, 2.24) is 4.90 Å². The average Bonchev–Trinajstić information content (AvgIpc) is 2.72. The summed E-state index contributed by atoms with van der Waals surface area (Å²) in [5.41, 5.74) is 0. The molecule has 0 radical (unpaired) electrons. The summed E-state index contributed by atoms with van der Waals surface area (Å²) in [6, 6.07) is 4.03. The van der Waals surface area contributed by atoms with Crippen molar-refractivity contribution >= 4 is 44.9 Å². The number of halogens is 1. The van der Waals surface area contributed by atoms with Gasteiger partial charge in [-0.1, -0.05) is 0 Å². The van der Waals surface area contributed by atoms with Crippen LogP contribution in [0, 0.1) is 0 Å². The molecule has 0 aliphatic heterocycles. The van der Waals surface area contributed by atoms with Gasteiger partial charge in [-0.05, 0) is 35.0 Å². The summed E-state index contributed by atoms with van der Waals surface area (Å²) in [4.78, 5) is 14.9. The predicted octanol–water partition coefficient (Wildman–Crippen LogP) is 2.58. The van der Waals surface area contributed by atoms with E-state index in [-0.39, 0.29) is 12.5 Å². The Morgan fingerprint density at radius 3 is 2.88 bits per heavy atom. The molecule has 0 aliphatic rings. The third kappa shape index (κ3) is 5.42. The van der Waals surface area contributed by atoms with Crippen molar-refractivity contribution in [2.75, 3.05) is 24.7 Å². The lowest BCUT2D eigenvalue weighted by molar-refractivity contribution is -0.128. The van der Waals surface area contributed by atoms with E-state index in [9.17, 15) is 4.79 Å². The summed E-state index contributed by atoms with van der Waals surface area (Å²) in [5.74, 6) is 1.20. The van der Waals surface area contributed by atoms with Crippen molar-refractivity contribution in [3.63, 3.8) is 0 Å². The molecule has 17 heavy (non-hydrogen) atoms. The van der Waals surface area contributed by atoms with Crippen molar-refractivity contribution in [3.05, 3.63) is 20.8 Å². The quantitative estimate of drug-likeness (QED) is 0.777. The number of carbonyl (C=O) groups excluding carboxylic acids is 1. The van der Waals surface area contributed by atoms with Crippen molar-refractivity contribution in [1.29, 1.82) is 0 Å². The van der Waals surface area contributed by atoms with E-state index in [0.717, 1.165) is 3.79 Å². The maximum absolute atomic E-state index is 11.9. The van der Waals surface area contributed by atoms with Gasteiger partial charge in [0, 0.05) is 17.2 Å². The van der Waals surface area contributed by atoms with E-state index in [1.807, 2.05) is 24.0 Å². The Balaban J connectivity index is 2.44. The zero-order chi connectivity index (χ0) is 12.7. The molecule has 1 aromatic heterocycles. The molecule has 0 fully saturated rings. The van der Waals surface area contributed by atoms with Crippen molar-refractivity contribution in [2.24, 2.45) is 0 Å². The molecule has 0 spiro atoms. The zero-order valence-electron chi connectivity index (χ0n) is 9.69. The molecule has 1 amide bonds. The highest BCUT2D eigenvalue weighted by Crippen LogP contribution is 2.23. The fraction of sp³-hybridized carbons (Fsp3) is 0.545. The van der Waals surface area contributed by atoms with Crippen LogP contribution in [0.4, 0.5) is 0 Å². The van der Waals surface area contributed by atoms with E-state index in [1.165, 1.54) is 16.6 Å². The average molecular weight is 338 g/mol. The van der Waals surface area contributed by atoms with E-state index in [4.69, 9.17) is 5.11 Å². The monoisotopic (exact) mass is 337 g/mol. The molecule has 1 N–H and O–H groups in total.